The minimum Gasteiger partial charge on any atom is -0.351 e. The molecule has 32 heavy (non-hydrogen) atoms. The lowest BCUT2D eigenvalue weighted by atomic mass is 10.1. The van der Waals surface area contributed by atoms with Gasteiger partial charge in [0.05, 0.1) is 6.20 Å². The van der Waals surface area contributed by atoms with Crippen molar-refractivity contribution in [2.45, 2.75) is 45.1 Å². The van der Waals surface area contributed by atoms with Crippen LogP contribution in [0, 0.1) is 6.92 Å². The molecular formula is C23H31N7O2. The first-order valence-electron chi connectivity index (χ1n) is 11.2. The number of amides is 2. The molecule has 9 heteroatoms. The fourth-order valence-corrected chi connectivity index (χ4v) is 4.42. The highest BCUT2D eigenvalue weighted by Gasteiger charge is 2.31. The van der Waals surface area contributed by atoms with Crippen LogP contribution in [0.4, 0.5) is 23.1 Å². The molecule has 0 saturated heterocycles. The fourth-order valence-electron chi connectivity index (χ4n) is 4.42. The summed E-state index contributed by atoms with van der Waals surface area (Å²) >= 11 is 0. The average molecular weight is 438 g/mol. The van der Waals surface area contributed by atoms with Crippen LogP contribution in [0.25, 0.3) is 0 Å². The summed E-state index contributed by atoms with van der Waals surface area (Å²) in [6.07, 6.45) is 6.86. The quantitative estimate of drug-likeness (QED) is 0.635. The first-order valence-corrected chi connectivity index (χ1v) is 11.2. The SMILES string of the molecule is Cc1cc(C(=O)NCCN)ccc1Nc1ncc2c(n1)N(C1CCCC1)CCC(=O)N2C. The number of nitrogens with one attached hydrogen (secondary N) is 2. The van der Waals surface area contributed by atoms with E-state index in [-0.39, 0.29) is 11.8 Å². The summed E-state index contributed by atoms with van der Waals surface area (Å²) in [5, 5.41) is 6.06. The Bertz CT molecular complexity index is 1000. The zero-order chi connectivity index (χ0) is 22.7. The van der Waals surface area contributed by atoms with Gasteiger partial charge in [0.1, 0.15) is 5.69 Å². The number of rotatable bonds is 6. The van der Waals surface area contributed by atoms with Crippen LogP contribution in [0.5, 0.6) is 0 Å². The topological polar surface area (TPSA) is 116 Å². The van der Waals surface area contributed by atoms with E-state index in [1.165, 1.54) is 12.8 Å². The number of carbonyl (C=O) groups is 2. The molecule has 1 saturated carbocycles. The van der Waals surface area contributed by atoms with Crippen molar-refractivity contribution in [2.24, 2.45) is 5.73 Å². The minimum atomic E-state index is -0.147. The summed E-state index contributed by atoms with van der Waals surface area (Å²) in [6, 6.07) is 5.85. The molecule has 0 unspecified atom stereocenters. The van der Waals surface area contributed by atoms with Crippen LogP contribution < -0.4 is 26.2 Å². The van der Waals surface area contributed by atoms with Gasteiger partial charge in [-0.2, -0.15) is 4.98 Å². The van der Waals surface area contributed by atoms with Gasteiger partial charge in [-0.3, -0.25) is 9.59 Å². The van der Waals surface area contributed by atoms with Gasteiger partial charge in [0.25, 0.3) is 5.91 Å². The van der Waals surface area contributed by atoms with Crippen LogP contribution in [0.1, 0.15) is 48.0 Å². The van der Waals surface area contributed by atoms with Gasteiger partial charge in [-0.1, -0.05) is 12.8 Å². The van der Waals surface area contributed by atoms with Crippen LogP contribution in [0.3, 0.4) is 0 Å². The van der Waals surface area contributed by atoms with E-state index in [1.807, 2.05) is 19.1 Å². The number of benzene rings is 1. The Morgan fingerprint density at radius 3 is 2.78 bits per heavy atom. The Morgan fingerprint density at radius 1 is 1.28 bits per heavy atom. The lowest BCUT2D eigenvalue weighted by Crippen LogP contribution is -2.34. The third-order valence-corrected chi connectivity index (χ3v) is 6.25. The molecule has 9 nitrogen and oxygen atoms in total. The van der Waals surface area contributed by atoms with Gasteiger partial charge in [0.15, 0.2) is 5.82 Å². The number of anilines is 4. The molecule has 2 heterocycles. The van der Waals surface area contributed by atoms with E-state index in [0.29, 0.717) is 43.6 Å². The van der Waals surface area contributed by atoms with Crippen molar-refractivity contribution in [1.82, 2.24) is 15.3 Å². The summed E-state index contributed by atoms with van der Waals surface area (Å²) in [6.45, 7) is 3.44. The summed E-state index contributed by atoms with van der Waals surface area (Å²) in [5.74, 6) is 1.21. The van der Waals surface area contributed by atoms with E-state index in [9.17, 15) is 9.59 Å². The molecule has 1 aliphatic carbocycles. The smallest absolute Gasteiger partial charge is 0.251 e. The molecule has 1 aromatic heterocycles. The van der Waals surface area contributed by atoms with Crippen molar-refractivity contribution in [1.29, 1.82) is 0 Å². The van der Waals surface area contributed by atoms with Crippen LogP contribution in [-0.2, 0) is 4.79 Å². The van der Waals surface area contributed by atoms with Gasteiger partial charge in [-0.25, -0.2) is 4.98 Å². The molecule has 2 aliphatic rings. The Hall–Kier alpha value is -3.20. The lowest BCUT2D eigenvalue weighted by molar-refractivity contribution is -0.118. The van der Waals surface area contributed by atoms with Crippen molar-refractivity contribution < 1.29 is 9.59 Å². The summed E-state index contributed by atoms with van der Waals surface area (Å²) in [7, 11) is 1.79. The van der Waals surface area contributed by atoms with E-state index in [2.05, 4.69) is 20.5 Å². The number of nitrogens with zero attached hydrogens (tertiary/aromatic N) is 4. The van der Waals surface area contributed by atoms with Crippen LogP contribution in [0.2, 0.25) is 0 Å². The van der Waals surface area contributed by atoms with Crippen molar-refractivity contribution in [3.63, 3.8) is 0 Å². The Kier molecular flexibility index (Phi) is 6.55. The van der Waals surface area contributed by atoms with Gasteiger partial charge in [-0.05, 0) is 43.5 Å². The molecule has 4 N–H and O–H groups in total. The molecule has 170 valence electrons. The predicted molar refractivity (Wildman–Crippen MR) is 126 cm³/mol. The van der Waals surface area contributed by atoms with Crippen LogP contribution >= 0.6 is 0 Å². The first kappa shape index (κ1) is 22.0. The van der Waals surface area contributed by atoms with Gasteiger partial charge in [0.2, 0.25) is 11.9 Å². The average Bonchev–Trinajstić information content (AvgIpc) is 3.29. The van der Waals surface area contributed by atoms with E-state index in [0.717, 1.165) is 35.6 Å². The number of hydrogen-bond donors (Lipinski definition) is 3. The molecule has 2 aromatic rings. The molecule has 1 aromatic carbocycles. The molecule has 0 spiro atoms. The van der Waals surface area contributed by atoms with Crippen LogP contribution in [-0.4, -0.2) is 54.5 Å². The second-order valence-electron chi connectivity index (χ2n) is 8.44. The Labute approximate surface area is 188 Å². The van der Waals surface area contributed by atoms with Gasteiger partial charge in [0, 0.05) is 50.4 Å². The van der Waals surface area contributed by atoms with Gasteiger partial charge < -0.3 is 26.2 Å². The standard InChI is InChI=1S/C23H31N7O2/c1-15-13-16(22(32)25-11-10-24)7-8-18(15)27-23-26-14-19-21(28-23)30(17-5-3-4-6-17)12-9-20(31)29(19)2/h7-8,13-14,17H,3-6,9-12,24H2,1-2H3,(H,25,32)(H,26,27,28). The van der Waals surface area contributed by atoms with Crippen molar-refractivity contribution >= 4 is 35.0 Å². The highest BCUT2D eigenvalue weighted by molar-refractivity contribution is 5.97. The Morgan fingerprint density at radius 2 is 2.06 bits per heavy atom. The maximum atomic E-state index is 12.5. The molecule has 2 amide bonds. The lowest BCUT2D eigenvalue weighted by Gasteiger charge is -2.30. The number of carbonyl (C=O) groups excluding carboxylic acids is 2. The summed E-state index contributed by atoms with van der Waals surface area (Å²) in [5.41, 5.74) is 8.51. The van der Waals surface area contributed by atoms with Crippen molar-refractivity contribution in [3.8, 4) is 0 Å². The number of fused-ring (bicyclic) bond motifs is 1. The molecule has 0 bridgehead atoms. The van der Waals surface area contributed by atoms with E-state index >= 15 is 0 Å². The van der Waals surface area contributed by atoms with E-state index in [1.54, 1.807) is 24.2 Å². The zero-order valence-corrected chi connectivity index (χ0v) is 18.7. The first-order chi connectivity index (χ1) is 15.5. The van der Waals surface area contributed by atoms with Crippen molar-refractivity contribution in [2.75, 3.05) is 41.8 Å². The monoisotopic (exact) mass is 437 g/mol. The normalized spacial score (nSPS) is 16.7. The third kappa shape index (κ3) is 4.52. The fraction of sp³-hybridized carbons (Fsp3) is 0.478. The van der Waals surface area contributed by atoms with Gasteiger partial charge >= 0.3 is 0 Å². The summed E-state index contributed by atoms with van der Waals surface area (Å²) in [4.78, 5) is 37.9. The Balaban J connectivity index is 1.60. The minimum absolute atomic E-state index is 0.0791. The number of nitrogens with two attached hydrogens (primary N) is 1. The number of aryl methyl sites for hydroxylation is 1. The number of hydrogen-bond acceptors (Lipinski definition) is 7. The zero-order valence-electron chi connectivity index (χ0n) is 18.7. The van der Waals surface area contributed by atoms with E-state index in [4.69, 9.17) is 10.7 Å². The molecule has 0 atom stereocenters. The van der Waals surface area contributed by atoms with Gasteiger partial charge in [-0.15, -0.1) is 0 Å². The second-order valence-corrected chi connectivity index (χ2v) is 8.44. The summed E-state index contributed by atoms with van der Waals surface area (Å²) < 4.78 is 0. The second kappa shape index (κ2) is 9.52. The molecule has 1 aliphatic heterocycles. The van der Waals surface area contributed by atoms with Crippen LogP contribution in [0.15, 0.2) is 24.4 Å². The third-order valence-electron chi connectivity index (χ3n) is 6.25. The van der Waals surface area contributed by atoms with Crippen molar-refractivity contribution in [3.05, 3.63) is 35.5 Å². The molecule has 4 rings (SSSR count). The molecule has 0 radical (unpaired) electrons. The van der Waals surface area contributed by atoms with E-state index < -0.39 is 0 Å². The molecular weight excluding hydrogens is 406 g/mol. The number of aromatic nitrogens is 2. The predicted octanol–water partition coefficient (Wildman–Crippen LogP) is 2.33. The maximum Gasteiger partial charge on any atom is 0.251 e. The highest BCUT2D eigenvalue weighted by Crippen LogP contribution is 2.36. The largest absolute Gasteiger partial charge is 0.351 e. The highest BCUT2D eigenvalue weighted by atomic mass is 16.2. The maximum absolute atomic E-state index is 12.5. The molecule has 1 fully saturated rings.